The number of aliphatic carboxylic acids is 6. The Labute approximate surface area is 582 Å². The van der Waals surface area contributed by atoms with E-state index in [1.807, 2.05) is 12.1 Å². The Morgan fingerprint density at radius 2 is 0.716 bits per heavy atom. The van der Waals surface area contributed by atoms with Gasteiger partial charge < -0.3 is 59.4 Å². The molecule has 28 nitrogen and oxygen atoms in total. The highest BCUT2D eigenvalue weighted by Crippen LogP contribution is 2.33. The van der Waals surface area contributed by atoms with Crippen LogP contribution >= 0.6 is 0 Å². The maximum absolute atomic E-state index is 14.1. The van der Waals surface area contributed by atoms with Crippen LogP contribution < -0.4 is 28.7 Å². The summed E-state index contributed by atoms with van der Waals surface area (Å²) in [6.07, 6.45) is 5.01. The molecule has 30 heteroatoms. The predicted octanol–water partition coefficient (Wildman–Crippen LogP) is 8.47. The van der Waals surface area contributed by atoms with Crippen molar-refractivity contribution in [3.05, 3.63) is 204 Å². The number of anilines is 2. The van der Waals surface area contributed by atoms with Crippen LogP contribution in [0.5, 0.6) is 23.0 Å². The minimum atomic E-state index is -1.26. The lowest BCUT2D eigenvalue weighted by atomic mass is 10.1. The molecule has 0 bridgehead atoms. The number of aromatic nitrogens is 4. The van der Waals surface area contributed by atoms with E-state index in [4.69, 9.17) is 49.6 Å². The predicted molar refractivity (Wildman–Crippen MR) is 368 cm³/mol. The minimum absolute atomic E-state index is 0.0197. The van der Waals surface area contributed by atoms with E-state index in [-0.39, 0.29) is 23.4 Å². The minimum Gasteiger partial charge on any atom is -0.493 e. The molecule has 4 heterocycles. The quantitative estimate of drug-likeness (QED) is 0.0187. The summed E-state index contributed by atoms with van der Waals surface area (Å²) in [5.74, 6) is -5.24. The normalized spacial score (nSPS) is 12.9. The van der Waals surface area contributed by atoms with Crippen molar-refractivity contribution < 1.29 is 106 Å². The van der Waals surface area contributed by atoms with E-state index in [9.17, 15) is 56.7 Å². The second-order valence-corrected chi connectivity index (χ2v) is 22.1. The van der Waals surface area contributed by atoms with Gasteiger partial charge in [-0.25, -0.2) is 37.5 Å². The van der Waals surface area contributed by atoms with E-state index in [1.165, 1.54) is 47.5 Å². The lowest BCUT2D eigenvalue weighted by Crippen LogP contribution is -2.47. The molecule has 0 atom stereocenters. The van der Waals surface area contributed by atoms with Crippen molar-refractivity contribution in [1.82, 2.24) is 29.4 Å². The lowest BCUT2D eigenvalue weighted by molar-refractivity contribution is -0.134. The van der Waals surface area contributed by atoms with Crippen molar-refractivity contribution >= 4 is 92.6 Å². The van der Waals surface area contributed by atoms with Crippen molar-refractivity contribution in [3.8, 4) is 23.0 Å². The van der Waals surface area contributed by atoms with E-state index in [0.717, 1.165) is 89.1 Å². The van der Waals surface area contributed by atoms with Gasteiger partial charge in [-0.2, -0.15) is 9.36 Å². The van der Waals surface area contributed by atoms with E-state index >= 15 is 0 Å². The summed E-state index contributed by atoms with van der Waals surface area (Å²) in [4.78, 5) is 116. The van der Waals surface area contributed by atoms with Gasteiger partial charge in [-0.05, 0) is 112 Å². The SMILES string of the molecule is COc1cc(C(C)=O)ccc1OCCCN1CCN(c2nn(C(=O)c3ccccc3)c3cc(F)ccc23)CC1.COc1cc(C(C)=O)ccc1OCCCN1CCN(c2nn(C(=O)c3ccccc3)c3cc(F)ccc23)CC1.O=C(O)/C=C/C(=O)O.O=C(O)/C=C/C(=O)O.O=C(O)/C=C/C(=O)O. The highest BCUT2D eigenvalue weighted by molar-refractivity contribution is 6.05. The Bertz CT molecular complexity index is 4020. The molecular formula is C72H74F2N8O20. The van der Waals surface area contributed by atoms with Gasteiger partial charge in [0.15, 0.2) is 46.2 Å². The fraction of sp³-hybridized carbons (Fsp3) is 0.250. The zero-order valence-electron chi connectivity index (χ0n) is 55.8. The number of benzene rings is 6. The van der Waals surface area contributed by atoms with Crippen molar-refractivity contribution in [2.24, 2.45) is 0 Å². The topological polar surface area (TPSA) is 378 Å². The molecule has 2 aliphatic heterocycles. The Morgan fingerprint density at radius 3 is 1.00 bits per heavy atom. The molecule has 2 saturated heterocycles. The standard InChI is InChI=1S/2C30H31FN4O4.3C4H4O4/c2*1-21(36)23-9-12-27(28(19-23)38-2)39-18-6-13-33-14-16-34(17-15-33)29-25-11-10-24(31)20-26(25)35(32-29)30(37)22-7-4-3-5-8-22;3*5-3(6)1-2-4(7)8/h2*3-5,7-12,19-20H,6,13-18H2,1-2H3;3*1-2H,(H,5,6)(H,7,8)/b;;3*2-1+. The van der Waals surface area contributed by atoms with Crippen LogP contribution in [0.3, 0.4) is 0 Å². The number of hydrogen-bond acceptors (Lipinski definition) is 20. The Hall–Kier alpha value is -12.4. The van der Waals surface area contributed by atoms with Gasteiger partial charge in [-0.3, -0.25) is 29.0 Å². The number of carbonyl (C=O) groups is 10. The van der Waals surface area contributed by atoms with Crippen LogP contribution in [-0.4, -0.2) is 212 Å². The van der Waals surface area contributed by atoms with Crippen LogP contribution in [0.1, 0.15) is 68.1 Å². The monoisotopic (exact) mass is 1410 g/mol. The number of rotatable bonds is 24. The van der Waals surface area contributed by atoms with E-state index in [0.29, 0.717) is 118 Å². The molecule has 2 aliphatic rings. The number of methoxy groups -OCH3 is 2. The number of Topliss-reactive ketones (excluding diaryl/α,β-unsaturated/α-hetero) is 2. The first-order valence-corrected chi connectivity index (χ1v) is 31.3. The number of fused-ring (bicyclic) bond motifs is 2. The number of ether oxygens (including phenoxy) is 4. The highest BCUT2D eigenvalue weighted by atomic mass is 19.1. The number of carbonyl (C=O) groups excluding carboxylic acids is 4. The number of piperazine rings is 2. The summed E-state index contributed by atoms with van der Waals surface area (Å²) in [5, 5.41) is 57.7. The fourth-order valence-electron chi connectivity index (χ4n) is 10.1. The molecule has 0 unspecified atom stereocenters. The van der Waals surface area contributed by atoms with E-state index in [1.54, 1.807) is 111 Å². The van der Waals surface area contributed by atoms with Crippen molar-refractivity contribution in [3.63, 3.8) is 0 Å². The summed E-state index contributed by atoms with van der Waals surface area (Å²) in [6, 6.07) is 37.2. The zero-order chi connectivity index (χ0) is 74.4. The molecule has 0 aliphatic carbocycles. The van der Waals surface area contributed by atoms with Gasteiger partial charge in [0.2, 0.25) is 0 Å². The molecule has 536 valence electrons. The molecule has 0 amide bonds. The molecule has 0 saturated carbocycles. The second-order valence-electron chi connectivity index (χ2n) is 22.1. The first-order valence-electron chi connectivity index (χ1n) is 31.3. The second kappa shape index (κ2) is 39.2. The molecule has 6 aromatic carbocycles. The van der Waals surface area contributed by atoms with Gasteiger partial charge >= 0.3 is 35.8 Å². The largest absolute Gasteiger partial charge is 0.493 e. The fourth-order valence-corrected chi connectivity index (χ4v) is 10.1. The maximum atomic E-state index is 14.1. The lowest BCUT2D eigenvalue weighted by Gasteiger charge is -2.35. The van der Waals surface area contributed by atoms with Crippen LogP contribution in [0.25, 0.3) is 21.8 Å². The molecular weight excluding hydrogens is 1330 g/mol. The van der Waals surface area contributed by atoms with Gasteiger partial charge in [-0.15, -0.1) is 10.2 Å². The molecule has 0 radical (unpaired) electrons. The number of ketones is 2. The Balaban J connectivity index is 0.000000243. The third kappa shape index (κ3) is 24.2. The van der Waals surface area contributed by atoms with Gasteiger partial charge in [0.25, 0.3) is 11.8 Å². The molecule has 2 fully saturated rings. The Morgan fingerprint density at radius 1 is 0.402 bits per heavy atom. The van der Waals surface area contributed by atoms with Gasteiger partial charge in [0, 0.05) is 147 Å². The smallest absolute Gasteiger partial charge is 0.328 e. The molecule has 6 N–H and O–H groups in total. The molecule has 0 spiro atoms. The molecule has 102 heavy (non-hydrogen) atoms. The third-order valence-corrected chi connectivity index (χ3v) is 15.0. The van der Waals surface area contributed by atoms with E-state index in [2.05, 4.69) is 29.8 Å². The maximum Gasteiger partial charge on any atom is 0.328 e. The number of halogens is 2. The average Bonchev–Trinajstić information content (AvgIpc) is 1.63. The van der Waals surface area contributed by atoms with Crippen molar-refractivity contribution in [2.75, 3.05) is 103 Å². The van der Waals surface area contributed by atoms with Crippen molar-refractivity contribution in [1.29, 1.82) is 0 Å². The summed E-state index contributed by atoms with van der Waals surface area (Å²) >= 11 is 0. The third-order valence-electron chi connectivity index (χ3n) is 15.0. The molecule has 2 aromatic heterocycles. The van der Waals surface area contributed by atoms with Crippen LogP contribution in [0.15, 0.2) is 170 Å². The van der Waals surface area contributed by atoms with Crippen molar-refractivity contribution in [2.45, 2.75) is 26.7 Å². The number of hydrogen-bond donors (Lipinski definition) is 6. The summed E-state index contributed by atoms with van der Waals surface area (Å²) in [5.41, 5.74) is 3.10. The zero-order valence-corrected chi connectivity index (χ0v) is 55.8. The van der Waals surface area contributed by atoms with Crippen LogP contribution in [0, 0.1) is 11.6 Å². The summed E-state index contributed by atoms with van der Waals surface area (Å²) in [7, 11) is 3.12. The molecule has 10 rings (SSSR count). The van der Waals surface area contributed by atoms with Crippen LogP contribution in [-0.2, 0) is 28.8 Å². The summed E-state index contributed by atoms with van der Waals surface area (Å²) < 4.78 is 53.5. The first-order chi connectivity index (χ1) is 48.8. The number of carboxylic acids is 6. The van der Waals surface area contributed by atoms with Gasteiger partial charge in [0.1, 0.15) is 11.6 Å². The van der Waals surface area contributed by atoms with Gasteiger partial charge in [-0.1, -0.05) is 36.4 Å². The van der Waals surface area contributed by atoms with Gasteiger partial charge in [0.05, 0.1) is 38.5 Å². The van der Waals surface area contributed by atoms with E-state index < -0.39 is 47.5 Å². The number of nitrogens with zero attached hydrogens (tertiary/aromatic N) is 8. The Kier molecular flexibility index (Phi) is 30.2. The van der Waals surface area contributed by atoms with Crippen LogP contribution in [0.4, 0.5) is 20.4 Å². The number of carboxylic acid groups (broad SMARTS) is 6. The van der Waals surface area contributed by atoms with Crippen LogP contribution in [0.2, 0.25) is 0 Å². The highest BCUT2D eigenvalue weighted by Gasteiger charge is 2.27. The average molecular weight is 1410 g/mol. The first kappa shape index (κ1) is 78.6. The molecule has 8 aromatic rings. The summed E-state index contributed by atoms with van der Waals surface area (Å²) in [6.45, 7) is 12.1.